The summed E-state index contributed by atoms with van der Waals surface area (Å²) in [6.07, 6.45) is 0. The maximum Gasteiger partial charge on any atom is 0.335 e. The molecule has 0 unspecified atom stereocenters. The van der Waals surface area contributed by atoms with Gasteiger partial charge in [0.25, 0.3) is 0 Å². The van der Waals surface area contributed by atoms with Gasteiger partial charge in [-0.2, -0.15) is 5.26 Å². The molecule has 6 nitrogen and oxygen atoms in total. The fourth-order valence-electron chi connectivity index (χ4n) is 3.43. The Morgan fingerprint density at radius 1 is 1.14 bits per heavy atom. The van der Waals surface area contributed by atoms with Gasteiger partial charge in [0.2, 0.25) is 0 Å². The van der Waals surface area contributed by atoms with Crippen LogP contribution in [0.1, 0.15) is 21.5 Å². The molecule has 1 aromatic heterocycles. The van der Waals surface area contributed by atoms with E-state index in [1.165, 1.54) is 0 Å². The minimum Gasteiger partial charge on any atom is -0.478 e. The number of nitrogens with zero attached hydrogens (tertiary/aromatic N) is 3. The van der Waals surface area contributed by atoms with Crippen LogP contribution in [0, 0.1) is 11.3 Å². The molecular formula is C22H19N3O3. The lowest BCUT2D eigenvalue weighted by atomic mass is 10.0. The van der Waals surface area contributed by atoms with Crippen molar-refractivity contribution in [1.82, 2.24) is 9.88 Å². The highest BCUT2D eigenvalue weighted by atomic mass is 16.5. The third kappa shape index (κ3) is 3.72. The zero-order chi connectivity index (χ0) is 19.5. The van der Waals surface area contributed by atoms with Crippen LogP contribution >= 0.6 is 0 Å². The minimum atomic E-state index is -0.954. The Balaban J connectivity index is 1.79. The maximum absolute atomic E-state index is 11.1. The van der Waals surface area contributed by atoms with Gasteiger partial charge in [0.1, 0.15) is 0 Å². The Bertz CT molecular complexity index is 1060. The van der Waals surface area contributed by atoms with Crippen LogP contribution in [0.4, 0.5) is 0 Å². The van der Waals surface area contributed by atoms with Crippen LogP contribution in [0.2, 0.25) is 0 Å². The van der Waals surface area contributed by atoms with Crippen molar-refractivity contribution in [2.45, 2.75) is 6.54 Å². The normalized spacial score (nSPS) is 14.7. The maximum atomic E-state index is 11.1. The second-order valence-electron chi connectivity index (χ2n) is 6.78. The summed E-state index contributed by atoms with van der Waals surface area (Å²) in [4.78, 5) is 18.2. The third-order valence-corrected chi connectivity index (χ3v) is 4.95. The Hall–Kier alpha value is -3.27. The van der Waals surface area contributed by atoms with Crippen molar-refractivity contribution in [2.75, 3.05) is 26.3 Å². The van der Waals surface area contributed by atoms with Crippen LogP contribution < -0.4 is 0 Å². The van der Waals surface area contributed by atoms with Gasteiger partial charge in [-0.3, -0.25) is 4.90 Å². The van der Waals surface area contributed by atoms with Crippen LogP contribution in [0.3, 0.4) is 0 Å². The molecule has 0 bridgehead atoms. The van der Waals surface area contributed by atoms with E-state index in [1.54, 1.807) is 30.3 Å². The number of carbonyl (C=O) groups is 1. The summed E-state index contributed by atoms with van der Waals surface area (Å²) in [5, 5.41) is 19.4. The molecule has 140 valence electrons. The zero-order valence-electron chi connectivity index (χ0n) is 15.3. The van der Waals surface area contributed by atoms with Crippen LogP contribution in [-0.2, 0) is 11.3 Å². The molecule has 0 radical (unpaired) electrons. The number of pyridine rings is 1. The largest absolute Gasteiger partial charge is 0.478 e. The second kappa shape index (κ2) is 7.77. The number of benzene rings is 2. The first-order valence-electron chi connectivity index (χ1n) is 9.11. The van der Waals surface area contributed by atoms with Gasteiger partial charge in [0, 0.05) is 30.6 Å². The van der Waals surface area contributed by atoms with Gasteiger partial charge in [-0.25, -0.2) is 9.78 Å². The number of rotatable bonds is 4. The molecule has 1 saturated heterocycles. The van der Waals surface area contributed by atoms with Gasteiger partial charge in [-0.05, 0) is 35.9 Å². The lowest BCUT2D eigenvalue weighted by Crippen LogP contribution is -2.35. The van der Waals surface area contributed by atoms with Crippen molar-refractivity contribution in [3.8, 4) is 17.3 Å². The van der Waals surface area contributed by atoms with E-state index in [9.17, 15) is 10.1 Å². The van der Waals surface area contributed by atoms with E-state index in [1.807, 2.05) is 12.1 Å². The Morgan fingerprint density at radius 2 is 1.89 bits per heavy atom. The van der Waals surface area contributed by atoms with Gasteiger partial charge in [-0.15, -0.1) is 0 Å². The summed E-state index contributed by atoms with van der Waals surface area (Å²) in [7, 11) is 0. The topological polar surface area (TPSA) is 86.5 Å². The second-order valence-corrected chi connectivity index (χ2v) is 6.78. The van der Waals surface area contributed by atoms with Crippen molar-refractivity contribution in [1.29, 1.82) is 5.26 Å². The quantitative estimate of drug-likeness (QED) is 0.755. The fraction of sp³-hybridized carbons (Fsp3) is 0.227. The first kappa shape index (κ1) is 18.1. The average molecular weight is 373 g/mol. The molecule has 0 saturated carbocycles. The summed E-state index contributed by atoms with van der Waals surface area (Å²) in [6.45, 7) is 3.98. The molecule has 2 heterocycles. The monoisotopic (exact) mass is 373 g/mol. The van der Waals surface area contributed by atoms with Crippen molar-refractivity contribution >= 4 is 16.9 Å². The average Bonchev–Trinajstić information content (AvgIpc) is 2.74. The third-order valence-electron chi connectivity index (χ3n) is 4.95. The highest BCUT2D eigenvalue weighted by molar-refractivity contribution is 5.89. The molecule has 6 heteroatoms. The first-order chi connectivity index (χ1) is 13.6. The van der Waals surface area contributed by atoms with Gasteiger partial charge in [0.15, 0.2) is 0 Å². The number of nitriles is 1. The summed E-state index contributed by atoms with van der Waals surface area (Å²) in [5.41, 5.74) is 4.32. The molecule has 4 rings (SSSR count). The van der Waals surface area contributed by atoms with Gasteiger partial charge in [0.05, 0.1) is 41.6 Å². The standard InChI is InChI=1S/C22H19N3O3/c23-13-15-1-6-19-18(14-25-7-9-28-10-8-25)12-20(24-21(19)11-15)16-2-4-17(5-3-16)22(26)27/h1-6,11-12H,7-10,14H2,(H,26,27). The Morgan fingerprint density at radius 3 is 2.57 bits per heavy atom. The molecule has 1 aliphatic rings. The van der Waals surface area contributed by atoms with Crippen molar-refractivity contribution in [3.63, 3.8) is 0 Å². The molecule has 3 aromatic rings. The number of aromatic carboxylic acids is 1. The van der Waals surface area contributed by atoms with E-state index < -0.39 is 5.97 Å². The number of fused-ring (bicyclic) bond motifs is 1. The number of hydrogen-bond acceptors (Lipinski definition) is 5. The van der Waals surface area contributed by atoms with E-state index in [0.717, 1.165) is 60.6 Å². The molecule has 0 atom stereocenters. The molecule has 0 aliphatic carbocycles. The molecule has 0 amide bonds. The number of ether oxygens (including phenoxy) is 1. The zero-order valence-corrected chi connectivity index (χ0v) is 15.3. The molecule has 0 spiro atoms. The number of morpholine rings is 1. The molecule has 1 aliphatic heterocycles. The van der Waals surface area contributed by atoms with Crippen molar-refractivity contribution in [2.24, 2.45) is 0 Å². The van der Waals surface area contributed by atoms with Gasteiger partial charge < -0.3 is 9.84 Å². The minimum absolute atomic E-state index is 0.241. The Labute approximate surface area is 162 Å². The van der Waals surface area contributed by atoms with Gasteiger partial charge in [-0.1, -0.05) is 18.2 Å². The van der Waals surface area contributed by atoms with Crippen LogP contribution in [0.5, 0.6) is 0 Å². The number of hydrogen-bond donors (Lipinski definition) is 1. The summed E-state index contributed by atoms with van der Waals surface area (Å²) in [6, 6.07) is 16.5. The van der Waals surface area contributed by atoms with Crippen molar-refractivity contribution in [3.05, 3.63) is 65.2 Å². The number of aromatic nitrogens is 1. The van der Waals surface area contributed by atoms with Crippen LogP contribution in [-0.4, -0.2) is 47.3 Å². The van der Waals surface area contributed by atoms with Gasteiger partial charge >= 0.3 is 5.97 Å². The van der Waals surface area contributed by atoms with E-state index in [0.29, 0.717) is 5.56 Å². The lowest BCUT2D eigenvalue weighted by Gasteiger charge is -2.27. The molecular weight excluding hydrogens is 354 g/mol. The van der Waals surface area contributed by atoms with Crippen LogP contribution in [0.15, 0.2) is 48.5 Å². The summed E-state index contributed by atoms with van der Waals surface area (Å²) in [5.74, 6) is -0.954. The summed E-state index contributed by atoms with van der Waals surface area (Å²) < 4.78 is 5.44. The predicted octanol–water partition coefficient (Wildman–Crippen LogP) is 3.30. The van der Waals surface area contributed by atoms with E-state index in [4.69, 9.17) is 14.8 Å². The fourth-order valence-corrected chi connectivity index (χ4v) is 3.43. The molecule has 1 fully saturated rings. The summed E-state index contributed by atoms with van der Waals surface area (Å²) >= 11 is 0. The SMILES string of the molecule is N#Cc1ccc2c(CN3CCOCC3)cc(-c3ccc(C(=O)O)cc3)nc2c1. The van der Waals surface area contributed by atoms with Crippen molar-refractivity contribution < 1.29 is 14.6 Å². The lowest BCUT2D eigenvalue weighted by molar-refractivity contribution is 0.0343. The molecule has 1 N–H and O–H groups in total. The smallest absolute Gasteiger partial charge is 0.335 e. The highest BCUT2D eigenvalue weighted by Crippen LogP contribution is 2.27. The molecule has 2 aromatic carbocycles. The van der Waals surface area contributed by atoms with E-state index in [-0.39, 0.29) is 5.56 Å². The highest BCUT2D eigenvalue weighted by Gasteiger charge is 2.15. The van der Waals surface area contributed by atoms with Crippen LogP contribution in [0.25, 0.3) is 22.2 Å². The first-order valence-corrected chi connectivity index (χ1v) is 9.11. The van der Waals surface area contributed by atoms with E-state index in [2.05, 4.69) is 17.0 Å². The van der Waals surface area contributed by atoms with E-state index >= 15 is 0 Å². The number of carboxylic acid groups (broad SMARTS) is 1. The molecule has 28 heavy (non-hydrogen) atoms. The number of carboxylic acids is 1. The Kier molecular flexibility index (Phi) is 5.02. The predicted molar refractivity (Wildman–Crippen MR) is 105 cm³/mol.